The van der Waals surface area contributed by atoms with Gasteiger partial charge in [-0.25, -0.2) is 13.2 Å². The van der Waals surface area contributed by atoms with Crippen molar-refractivity contribution in [2.45, 2.75) is 242 Å². The Balaban J connectivity index is 1.37. The lowest BCUT2D eigenvalue weighted by molar-refractivity contribution is -0.255. The van der Waals surface area contributed by atoms with Crippen molar-refractivity contribution >= 4 is 53.3 Å². The lowest BCUT2D eigenvalue weighted by Crippen LogP contribution is -2.47. The molecule has 0 bridgehead atoms. The van der Waals surface area contributed by atoms with Gasteiger partial charge in [-0.1, -0.05) is 68.7 Å². The Hall–Kier alpha value is -5.94. The number of ketones is 1. The molecular formula is C71H111F5N4O19. The van der Waals surface area contributed by atoms with Crippen LogP contribution in [0.1, 0.15) is 199 Å². The second-order valence-corrected chi connectivity index (χ2v) is 27.2. The van der Waals surface area contributed by atoms with Gasteiger partial charge < -0.3 is 68.6 Å². The zero-order valence-electron chi connectivity index (χ0n) is 60.1. The minimum atomic E-state index is -2.43. The van der Waals surface area contributed by atoms with Crippen LogP contribution >= 0.6 is 0 Å². The molecule has 564 valence electrons. The Labute approximate surface area is 580 Å². The van der Waals surface area contributed by atoms with Crippen molar-refractivity contribution in [3.63, 3.8) is 0 Å². The molecule has 4 amide bonds. The minimum Gasteiger partial charge on any atom is -0.463 e. The molecule has 3 fully saturated rings. The number of halogens is 5. The summed E-state index contributed by atoms with van der Waals surface area (Å²) in [6, 6.07) is -1.07. The fraction of sp³-hybridized carbons (Fsp3) is 0.789. The number of unbranched alkanes of at least 4 members (excludes halogenated alkanes) is 5. The molecule has 3 aliphatic heterocycles. The number of Topliss-reactive ketones (excluding diaryl/α,β-unsaturated/α-hetero) is 1. The number of carbonyl (C=O) groups is 9. The molecule has 23 nitrogen and oxygen atoms in total. The van der Waals surface area contributed by atoms with E-state index in [0.717, 1.165) is 0 Å². The van der Waals surface area contributed by atoms with Gasteiger partial charge in [0.2, 0.25) is 58.5 Å². The van der Waals surface area contributed by atoms with E-state index in [1.807, 2.05) is 27.7 Å². The molecule has 99 heavy (non-hydrogen) atoms. The van der Waals surface area contributed by atoms with Crippen molar-refractivity contribution in [1.82, 2.24) is 21.3 Å². The van der Waals surface area contributed by atoms with E-state index < -0.39 is 108 Å². The SMILES string of the molecule is CC(=O)OCC1O[C@@H](OCCCCC(=O)NCCCCC(CC(=O)C(CCCCNC(=O)CCCCO[C@@H]2OC(COC(C)=O)[C@H](C)[C@H](C)C2C)NC(=O)CCCCO[C@@H]2OC(COC(C)=O)[C@H](C)[C@H](C)C2C)C(=O)NCCCC(=O)Oc2c(F)c(F)c(F)c(F)c2F)C(C)[C@@H](C)[C@H]1C. The molecule has 0 aromatic heterocycles. The number of esters is 4. The largest absolute Gasteiger partial charge is 0.463 e. The molecule has 1 aromatic rings. The first-order valence-electron chi connectivity index (χ1n) is 35.5. The fourth-order valence-corrected chi connectivity index (χ4v) is 12.3. The highest BCUT2D eigenvalue weighted by Crippen LogP contribution is 2.39. The zero-order valence-corrected chi connectivity index (χ0v) is 60.1. The van der Waals surface area contributed by atoms with Crippen molar-refractivity contribution in [2.75, 3.05) is 59.3 Å². The maximum absolute atomic E-state index is 14.5. The van der Waals surface area contributed by atoms with Crippen molar-refractivity contribution in [3.05, 3.63) is 29.1 Å². The predicted molar refractivity (Wildman–Crippen MR) is 351 cm³/mol. The van der Waals surface area contributed by atoms with Gasteiger partial charge in [0, 0.05) is 116 Å². The molecule has 8 unspecified atom stereocenters. The molecule has 3 aliphatic rings. The van der Waals surface area contributed by atoms with Crippen molar-refractivity contribution < 1.29 is 112 Å². The summed E-state index contributed by atoms with van der Waals surface area (Å²) in [6.45, 7) is 24.1. The summed E-state index contributed by atoms with van der Waals surface area (Å²) < 4.78 is 127. The summed E-state index contributed by atoms with van der Waals surface area (Å²) in [6.07, 6.45) is 1.54. The average molecular weight is 1420 g/mol. The van der Waals surface area contributed by atoms with Gasteiger partial charge in [0.15, 0.2) is 24.7 Å². The van der Waals surface area contributed by atoms with Gasteiger partial charge in [-0.05, 0) is 113 Å². The molecule has 4 N–H and O–H groups in total. The minimum absolute atomic E-state index is 0.0175. The van der Waals surface area contributed by atoms with Gasteiger partial charge in [0.25, 0.3) is 0 Å². The molecule has 3 heterocycles. The Kier molecular flexibility index (Phi) is 38.4. The Morgan fingerprint density at radius 2 is 0.768 bits per heavy atom. The van der Waals surface area contributed by atoms with Gasteiger partial charge in [0.05, 0.1) is 24.4 Å². The van der Waals surface area contributed by atoms with Crippen molar-refractivity contribution in [2.24, 2.45) is 59.2 Å². The predicted octanol–water partition coefficient (Wildman–Crippen LogP) is 9.97. The summed E-state index contributed by atoms with van der Waals surface area (Å²) in [5.74, 6) is -17.7. The molecule has 3 saturated heterocycles. The molecule has 1 aromatic carbocycles. The molecule has 4 rings (SSSR count). The average Bonchev–Trinajstić information content (AvgIpc) is 0.811. The highest BCUT2D eigenvalue weighted by Gasteiger charge is 2.43. The van der Waals surface area contributed by atoms with Crippen LogP contribution in [0.3, 0.4) is 0 Å². The van der Waals surface area contributed by atoms with Gasteiger partial charge in [-0.2, -0.15) is 8.78 Å². The van der Waals surface area contributed by atoms with E-state index in [4.69, 9.17) is 42.6 Å². The van der Waals surface area contributed by atoms with Gasteiger partial charge in [-0.15, -0.1) is 0 Å². The topological polar surface area (TPSA) is 294 Å². The van der Waals surface area contributed by atoms with E-state index in [9.17, 15) is 65.1 Å². The molecule has 0 spiro atoms. The number of hydrogen-bond acceptors (Lipinski definition) is 19. The van der Waals surface area contributed by atoms with Crippen LogP contribution in [-0.4, -0.2) is 156 Å². The quantitative estimate of drug-likeness (QED) is 0.00898. The molecule has 17 atom stereocenters. The van der Waals surface area contributed by atoms with Crippen LogP contribution < -0.4 is 26.0 Å². The number of rotatable bonds is 44. The number of amides is 4. The Morgan fingerprint density at radius 1 is 0.404 bits per heavy atom. The third kappa shape index (κ3) is 29.1. The van der Waals surface area contributed by atoms with Crippen LogP contribution in [-0.2, 0) is 85.8 Å². The highest BCUT2D eigenvalue weighted by molar-refractivity contribution is 5.92. The molecule has 0 saturated carbocycles. The van der Waals surface area contributed by atoms with E-state index in [1.165, 1.54) is 20.8 Å². The summed E-state index contributed by atoms with van der Waals surface area (Å²) in [7, 11) is 0. The Morgan fingerprint density at radius 3 is 1.16 bits per heavy atom. The number of hydrogen-bond donors (Lipinski definition) is 4. The van der Waals surface area contributed by atoms with E-state index in [0.29, 0.717) is 77.4 Å². The smallest absolute Gasteiger partial charge is 0.311 e. The lowest BCUT2D eigenvalue weighted by Gasteiger charge is -2.43. The first-order chi connectivity index (χ1) is 46.9. The standard InChI is InChI=1S/C71H111F5N4O19/c1-40-43(4)55(37-93-49(10)81)96-69(46(40)7)90-33-20-15-26-58(85)77-30-18-13-24-52(68(89)79-32-23-29-61(88)99-67-65(75)63(73)62(72)64(74)66(67)76)36-54(84)53(80-60(87)28-17-22-35-92-71-48(9)42(3)45(6)57(98-71)39-95-51(12)83)25-14-19-31-78-59(86)27-16-21-34-91-70-47(8)41(2)44(5)56(97-70)38-94-50(11)82/h40-48,52-53,55-57,69-71H,13-39H2,1-12H3,(H,77,85)(H,78,86)(H,79,89)(H,80,87)/t40-,41-,42-,43+,44+,45+,46?,47?,48?,52?,53?,55?,56?,57?,69+,70+,71+/m0/s1. The summed E-state index contributed by atoms with van der Waals surface area (Å²) >= 11 is 0. The van der Waals surface area contributed by atoms with Crippen molar-refractivity contribution in [3.8, 4) is 5.75 Å². The summed E-state index contributed by atoms with van der Waals surface area (Å²) in [5, 5.41) is 11.3. The first-order valence-corrected chi connectivity index (χ1v) is 35.5. The fourth-order valence-electron chi connectivity index (χ4n) is 12.3. The highest BCUT2D eigenvalue weighted by atomic mass is 19.2. The second-order valence-electron chi connectivity index (χ2n) is 27.2. The number of benzene rings is 1. The number of nitrogens with one attached hydrogen (secondary N) is 4. The van der Waals surface area contributed by atoms with E-state index >= 15 is 0 Å². The van der Waals surface area contributed by atoms with Crippen molar-refractivity contribution in [1.29, 1.82) is 0 Å². The maximum Gasteiger partial charge on any atom is 0.311 e. The first kappa shape index (κ1) is 85.5. The van der Waals surface area contributed by atoms with Crippen LogP contribution in [0.15, 0.2) is 0 Å². The van der Waals surface area contributed by atoms with Crippen LogP contribution in [0, 0.1) is 88.3 Å². The van der Waals surface area contributed by atoms with Gasteiger partial charge >= 0.3 is 23.9 Å². The van der Waals surface area contributed by atoms with E-state index in [-0.39, 0.29) is 180 Å². The van der Waals surface area contributed by atoms with Crippen LogP contribution in [0.25, 0.3) is 0 Å². The van der Waals surface area contributed by atoms with E-state index in [2.05, 4.69) is 60.6 Å². The second kappa shape index (κ2) is 44.4. The normalized spacial score (nSPS) is 25.9. The van der Waals surface area contributed by atoms with Crippen LogP contribution in [0.2, 0.25) is 0 Å². The molecular weight excluding hydrogens is 1310 g/mol. The van der Waals surface area contributed by atoms with Gasteiger partial charge in [-0.3, -0.25) is 43.2 Å². The summed E-state index contributed by atoms with van der Waals surface area (Å²) in [4.78, 5) is 115. The van der Waals surface area contributed by atoms with Gasteiger partial charge in [0.1, 0.15) is 19.8 Å². The summed E-state index contributed by atoms with van der Waals surface area (Å²) in [5.41, 5.74) is 0. The maximum atomic E-state index is 14.5. The van der Waals surface area contributed by atoms with E-state index in [1.54, 1.807) is 0 Å². The third-order valence-corrected chi connectivity index (χ3v) is 19.9. The molecule has 28 heteroatoms. The zero-order chi connectivity index (χ0) is 73.5. The lowest BCUT2D eigenvalue weighted by atomic mass is 9.79. The van der Waals surface area contributed by atoms with Crippen LogP contribution in [0.4, 0.5) is 22.0 Å². The number of ether oxygens (including phenoxy) is 10. The molecule has 0 aliphatic carbocycles. The monoisotopic (exact) mass is 1420 g/mol. The number of carbonyl (C=O) groups excluding carboxylic acids is 9. The third-order valence-electron chi connectivity index (χ3n) is 19.9. The molecule has 0 radical (unpaired) electrons. The Bertz CT molecular complexity index is 2720. The van der Waals surface area contributed by atoms with Crippen LogP contribution in [0.5, 0.6) is 5.75 Å².